The summed E-state index contributed by atoms with van der Waals surface area (Å²) in [7, 11) is 0. The predicted molar refractivity (Wildman–Crippen MR) is 123 cm³/mol. The lowest BCUT2D eigenvalue weighted by Gasteiger charge is -2.11. The van der Waals surface area contributed by atoms with Gasteiger partial charge < -0.3 is 16.8 Å². The van der Waals surface area contributed by atoms with Gasteiger partial charge in [0, 0.05) is 21.8 Å². The fourth-order valence-electron chi connectivity index (χ4n) is 3.23. The lowest BCUT2D eigenvalue weighted by molar-refractivity contribution is -0.141. The van der Waals surface area contributed by atoms with Crippen LogP contribution in [-0.4, -0.2) is 36.4 Å². The summed E-state index contributed by atoms with van der Waals surface area (Å²) >= 11 is 3.37. The van der Waals surface area contributed by atoms with E-state index in [4.69, 9.17) is 11.5 Å². The standard InChI is InChI=1S/C21H16BrF3N8O2/c1-10-28-20(27)33(30-10)15-6-5-12(8-14(15)22)29-19(35)16-9-17(21(23,24)25)31-32(16)13-4-2-3-11(7-13)18(26)34/h2-9H,1H3,(H2,26,34)(H,29,35)(H2,27,28,30). The molecule has 2 amide bonds. The third-order valence-corrected chi connectivity index (χ3v) is 5.41. The van der Waals surface area contributed by atoms with Gasteiger partial charge in [0.2, 0.25) is 11.9 Å². The summed E-state index contributed by atoms with van der Waals surface area (Å²) in [6, 6.07) is 10.7. The maximum Gasteiger partial charge on any atom is 0.435 e. The Morgan fingerprint density at radius 3 is 2.40 bits per heavy atom. The molecule has 4 aromatic rings. The van der Waals surface area contributed by atoms with Crippen LogP contribution in [0.1, 0.15) is 32.4 Å². The number of amides is 2. The second-order valence-corrected chi connectivity index (χ2v) is 8.14. The molecule has 10 nitrogen and oxygen atoms in total. The van der Waals surface area contributed by atoms with E-state index in [0.717, 1.165) is 4.68 Å². The van der Waals surface area contributed by atoms with Gasteiger partial charge in [0.05, 0.1) is 11.4 Å². The Kier molecular flexibility index (Phi) is 6.06. The first-order valence-corrected chi connectivity index (χ1v) is 10.6. The number of nitrogens with one attached hydrogen (secondary N) is 1. The minimum Gasteiger partial charge on any atom is -0.368 e. The van der Waals surface area contributed by atoms with Gasteiger partial charge in [0.15, 0.2) is 5.69 Å². The first-order chi connectivity index (χ1) is 16.4. The highest BCUT2D eigenvalue weighted by Crippen LogP contribution is 2.31. The number of nitrogen functional groups attached to an aromatic ring is 1. The zero-order chi connectivity index (χ0) is 25.5. The van der Waals surface area contributed by atoms with Crippen LogP contribution in [0.5, 0.6) is 0 Å². The molecule has 2 aromatic heterocycles. The van der Waals surface area contributed by atoms with Crippen molar-refractivity contribution in [3.63, 3.8) is 0 Å². The van der Waals surface area contributed by atoms with Gasteiger partial charge in [-0.05, 0) is 59.3 Å². The van der Waals surface area contributed by atoms with Crippen molar-refractivity contribution in [1.29, 1.82) is 0 Å². The third kappa shape index (κ3) is 4.87. The fraction of sp³-hybridized carbons (Fsp3) is 0.0952. The van der Waals surface area contributed by atoms with Crippen LogP contribution in [0, 0.1) is 6.92 Å². The van der Waals surface area contributed by atoms with Crippen molar-refractivity contribution in [2.24, 2.45) is 5.73 Å². The summed E-state index contributed by atoms with van der Waals surface area (Å²) in [4.78, 5) is 28.5. The molecule has 2 heterocycles. The molecule has 0 atom stereocenters. The van der Waals surface area contributed by atoms with E-state index in [2.05, 4.69) is 36.4 Å². The molecule has 0 aliphatic rings. The number of anilines is 2. The van der Waals surface area contributed by atoms with Crippen LogP contribution in [0.3, 0.4) is 0 Å². The molecule has 0 aliphatic carbocycles. The van der Waals surface area contributed by atoms with Crippen molar-refractivity contribution in [1.82, 2.24) is 24.5 Å². The second kappa shape index (κ2) is 8.87. The number of benzene rings is 2. The van der Waals surface area contributed by atoms with E-state index < -0.39 is 29.4 Å². The molecule has 2 aromatic carbocycles. The summed E-state index contributed by atoms with van der Waals surface area (Å²) in [5, 5.41) is 10.3. The van der Waals surface area contributed by atoms with Gasteiger partial charge in [-0.15, -0.1) is 5.10 Å². The summed E-state index contributed by atoms with van der Waals surface area (Å²) in [5.74, 6) is -1.04. The van der Waals surface area contributed by atoms with E-state index in [1.165, 1.54) is 41.1 Å². The molecule has 4 rings (SSSR count). The number of hydrogen-bond donors (Lipinski definition) is 3. The van der Waals surface area contributed by atoms with E-state index in [9.17, 15) is 22.8 Å². The molecule has 0 spiro atoms. The molecule has 0 fully saturated rings. The number of aromatic nitrogens is 5. The number of halogens is 4. The van der Waals surface area contributed by atoms with Gasteiger partial charge in [-0.3, -0.25) is 9.59 Å². The van der Waals surface area contributed by atoms with Crippen LogP contribution in [0.4, 0.5) is 24.8 Å². The Morgan fingerprint density at radius 2 is 1.80 bits per heavy atom. The predicted octanol–water partition coefficient (Wildman–Crippen LogP) is 3.48. The van der Waals surface area contributed by atoms with Crippen molar-refractivity contribution < 1.29 is 22.8 Å². The average molecular weight is 549 g/mol. The van der Waals surface area contributed by atoms with Gasteiger partial charge in [0.25, 0.3) is 5.91 Å². The number of carbonyl (C=O) groups is 2. The highest BCUT2D eigenvalue weighted by Gasteiger charge is 2.36. The average Bonchev–Trinajstić information content (AvgIpc) is 3.37. The molecule has 35 heavy (non-hydrogen) atoms. The molecule has 14 heteroatoms. The highest BCUT2D eigenvalue weighted by atomic mass is 79.9. The van der Waals surface area contributed by atoms with E-state index in [1.54, 1.807) is 13.0 Å². The molecule has 0 bridgehead atoms. The Labute approximate surface area is 203 Å². The minimum absolute atomic E-state index is 0.0417. The SMILES string of the molecule is Cc1nc(N)n(-c2ccc(NC(=O)c3cc(C(F)(F)F)nn3-c3cccc(C(N)=O)c3)cc2Br)n1. The van der Waals surface area contributed by atoms with E-state index in [1.807, 2.05) is 0 Å². The topological polar surface area (TPSA) is 147 Å². The number of carbonyl (C=O) groups excluding carboxylic acids is 2. The monoisotopic (exact) mass is 548 g/mol. The van der Waals surface area contributed by atoms with Gasteiger partial charge in [-0.25, -0.2) is 4.68 Å². The van der Waals surface area contributed by atoms with E-state index in [0.29, 0.717) is 22.1 Å². The zero-order valence-corrected chi connectivity index (χ0v) is 19.4. The van der Waals surface area contributed by atoms with Crippen LogP contribution in [0.2, 0.25) is 0 Å². The normalized spacial score (nSPS) is 11.5. The molecule has 0 saturated heterocycles. The molecule has 0 unspecified atom stereocenters. The number of hydrogen-bond acceptors (Lipinski definition) is 6. The maximum absolute atomic E-state index is 13.4. The van der Waals surface area contributed by atoms with Crippen molar-refractivity contribution in [2.75, 3.05) is 11.1 Å². The number of rotatable bonds is 5. The summed E-state index contributed by atoms with van der Waals surface area (Å²) in [5.41, 5.74) is 10.3. The molecule has 0 aliphatic heterocycles. The van der Waals surface area contributed by atoms with Crippen molar-refractivity contribution >= 4 is 39.4 Å². The fourth-order valence-corrected chi connectivity index (χ4v) is 3.78. The van der Waals surface area contributed by atoms with Crippen LogP contribution in [0.15, 0.2) is 53.0 Å². The minimum atomic E-state index is -4.80. The van der Waals surface area contributed by atoms with Gasteiger partial charge >= 0.3 is 6.18 Å². The van der Waals surface area contributed by atoms with Crippen LogP contribution in [0.25, 0.3) is 11.4 Å². The molecule has 180 valence electrons. The number of nitrogens with zero attached hydrogens (tertiary/aromatic N) is 5. The van der Waals surface area contributed by atoms with E-state index >= 15 is 0 Å². The Hall–Kier alpha value is -4.20. The van der Waals surface area contributed by atoms with E-state index in [-0.39, 0.29) is 22.9 Å². The summed E-state index contributed by atoms with van der Waals surface area (Å²) in [6.07, 6.45) is -4.80. The van der Waals surface area contributed by atoms with Gasteiger partial charge in [0.1, 0.15) is 11.5 Å². The van der Waals surface area contributed by atoms with Gasteiger partial charge in [-0.2, -0.15) is 27.9 Å². The molecule has 0 radical (unpaired) electrons. The highest BCUT2D eigenvalue weighted by molar-refractivity contribution is 9.10. The third-order valence-electron chi connectivity index (χ3n) is 4.78. The Balaban J connectivity index is 1.70. The number of primary amides is 1. The maximum atomic E-state index is 13.4. The number of alkyl halides is 3. The number of nitrogens with two attached hydrogens (primary N) is 2. The lowest BCUT2D eigenvalue weighted by atomic mass is 10.2. The number of aryl methyl sites for hydroxylation is 1. The molecular formula is C21H16BrF3N8O2. The van der Waals surface area contributed by atoms with Crippen LogP contribution in [-0.2, 0) is 6.18 Å². The first-order valence-electron chi connectivity index (χ1n) is 9.82. The molecular weight excluding hydrogens is 533 g/mol. The zero-order valence-electron chi connectivity index (χ0n) is 17.8. The van der Waals surface area contributed by atoms with Crippen molar-refractivity contribution in [3.8, 4) is 11.4 Å². The van der Waals surface area contributed by atoms with Crippen molar-refractivity contribution in [2.45, 2.75) is 13.1 Å². The van der Waals surface area contributed by atoms with Gasteiger partial charge in [-0.1, -0.05) is 6.07 Å². The van der Waals surface area contributed by atoms with Crippen LogP contribution >= 0.6 is 15.9 Å². The summed E-state index contributed by atoms with van der Waals surface area (Å²) < 4.78 is 42.8. The quantitative estimate of drug-likeness (QED) is 0.348. The largest absolute Gasteiger partial charge is 0.435 e. The Morgan fingerprint density at radius 1 is 1.06 bits per heavy atom. The summed E-state index contributed by atoms with van der Waals surface area (Å²) in [6.45, 7) is 1.67. The lowest BCUT2D eigenvalue weighted by Crippen LogP contribution is -2.18. The van der Waals surface area contributed by atoms with Crippen molar-refractivity contribution in [3.05, 3.63) is 75.8 Å². The Bertz CT molecular complexity index is 1460. The van der Waals surface area contributed by atoms with Crippen LogP contribution < -0.4 is 16.8 Å². The smallest absolute Gasteiger partial charge is 0.368 e. The second-order valence-electron chi connectivity index (χ2n) is 7.29. The molecule has 5 N–H and O–H groups in total. The molecule has 0 saturated carbocycles. The first kappa shape index (κ1) is 23.9.